The first-order valence-corrected chi connectivity index (χ1v) is 10.7. The van der Waals surface area contributed by atoms with E-state index in [2.05, 4.69) is 5.32 Å². The highest BCUT2D eigenvalue weighted by Crippen LogP contribution is 2.22. The van der Waals surface area contributed by atoms with E-state index in [9.17, 15) is 13.2 Å². The summed E-state index contributed by atoms with van der Waals surface area (Å²) in [5, 5.41) is 2.90. The topological polar surface area (TPSA) is 66.5 Å². The fraction of sp³-hybridized carbons (Fsp3) is 0.174. The number of hydrogen-bond donors (Lipinski definition) is 1. The number of rotatable bonds is 6. The lowest BCUT2D eigenvalue weighted by atomic mass is 10.1. The molecular formula is C23H24N2O3S. The predicted molar refractivity (Wildman–Crippen MR) is 117 cm³/mol. The van der Waals surface area contributed by atoms with E-state index in [1.807, 2.05) is 32.0 Å². The highest BCUT2D eigenvalue weighted by Gasteiger charge is 2.20. The van der Waals surface area contributed by atoms with Crippen LogP contribution in [0.15, 0.2) is 77.7 Å². The van der Waals surface area contributed by atoms with E-state index in [4.69, 9.17) is 0 Å². The first-order chi connectivity index (χ1) is 13.8. The van der Waals surface area contributed by atoms with E-state index >= 15 is 0 Å². The lowest BCUT2D eigenvalue weighted by Gasteiger charge is -2.19. The molecule has 3 aromatic rings. The summed E-state index contributed by atoms with van der Waals surface area (Å²) in [6, 6.07) is 21.0. The van der Waals surface area contributed by atoms with Gasteiger partial charge in [0.25, 0.3) is 10.0 Å². The van der Waals surface area contributed by atoms with Crippen LogP contribution < -0.4 is 9.62 Å². The zero-order valence-electron chi connectivity index (χ0n) is 16.7. The van der Waals surface area contributed by atoms with Crippen molar-refractivity contribution in [2.75, 3.05) is 16.7 Å². The van der Waals surface area contributed by atoms with Gasteiger partial charge < -0.3 is 5.32 Å². The molecule has 0 fully saturated rings. The molecule has 6 heteroatoms. The minimum atomic E-state index is -3.62. The Morgan fingerprint density at radius 1 is 0.897 bits per heavy atom. The molecule has 0 aliphatic heterocycles. The number of nitrogens with zero attached hydrogens (tertiary/aromatic N) is 1. The number of sulfonamides is 1. The molecule has 5 nitrogen and oxygen atoms in total. The summed E-state index contributed by atoms with van der Waals surface area (Å²) in [6.07, 6.45) is 0.211. The molecule has 0 aliphatic carbocycles. The summed E-state index contributed by atoms with van der Waals surface area (Å²) in [5.74, 6) is -0.119. The molecule has 3 aromatic carbocycles. The SMILES string of the molecule is Cc1ccc(NC(=O)Cc2ccc(N(C)S(=O)(=O)c3ccccc3)cc2)cc1C. The van der Waals surface area contributed by atoms with Crippen LogP contribution in [-0.4, -0.2) is 21.4 Å². The lowest BCUT2D eigenvalue weighted by Crippen LogP contribution is -2.26. The van der Waals surface area contributed by atoms with E-state index in [0.717, 1.165) is 16.8 Å². The molecule has 0 unspecified atom stereocenters. The van der Waals surface area contributed by atoms with Crippen LogP contribution in [0, 0.1) is 13.8 Å². The summed E-state index contributed by atoms with van der Waals surface area (Å²) in [7, 11) is -2.10. The summed E-state index contributed by atoms with van der Waals surface area (Å²) >= 11 is 0. The number of amides is 1. The summed E-state index contributed by atoms with van der Waals surface area (Å²) in [5.41, 5.74) is 4.40. The fourth-order valence-electron chi connectivity index (χ4n) is 2.92. The zero-order valence-corrected chi connectivity index (χ0v) is 17.5. The molecule has 1 amide bonds. The standard InChI is InChI=1S/C23H24N2O3S/c1-17-9-12-20(15-18(17)2)24-23(26)16-19-10-13-21(14-11-19)25(3)29(27,28)22-7-5-4-6-8-22/h4-15H,16H2,1-3H3,(H,24,26). The van der Waals surface area contributed by atoms with Crippen molar-refractivity contribution in [2.45, 2.75) is 25.2 Å². The van der Waals surface area contributed by atoms with Crippen molar-refractivity contribution in [3.8, 4) is 0 Å². The largest absolute Gasteiger partial charge is 0.326 e. The first-order valence-electron chi connectivity index (χ1n) is 9.27. The Balaban J connectivity index is 1.68. The van der Waals surface area contributed by atoms with Gasteiger partial charge >= 0.3 is 0 Å². The molecular weight excluding hydrogens is 384 g/mol. The van der Waals surface area contributed by atoms with E-state index < -0.39 is 10.0 Å². The Morgan fingerprint density at radius 2 is 1.55 bits per heavy atom. The lowest BCUT2D eigenvalue weighted by molar-refractivity contribution is -0.115. The maximum atomic E-state index is 12.7. The number of carbonyl (C=O) groups excluding carboxylic acids is 1. The van der Waals surface area contributed by atoms with Gasteiger partial charge in [0.15, 0.2) is 0 Å². The molecule has 0 aromatic heterocycles. The molecule has 0 heterocycles. The highest BCUT2D eigenvalue weighted by molar-refractivity contribution is 7.92. The fourth-order valence-corrected chi connectivity index (χ4v) is 4.14. The van der Waals surface area contributed by atoms with E-state index in [1.54, 1.807) is 54.6 Å². The third-order valence-corrected chi connectivity index (χ3v) is 6.66. The summed E-state index contributed by atoms with van der Waals surface area (Å²) in [4.78, 5) is 12.6. The van der Waals surface area contributed by atoms with Crippen molar-refractivity contribution in [3.05, 3.63) is 89.5 Å². The molecule has 29 heavy (non-hydrogen) atoms. The molecule has 0 aliphatic rings. The molecule has 0 radical (unpaired) electrons. The van der Waals surface area contributed by atoms with Gasteiger partial charge in [-0.25, -0.2) is 8.42 Å². The number of aryl methyl sites for hydroxylation is 2. The van der Waals surface area contributed by atoms with Crippen LogP contribution in [0.5, 0.6) is 0 Å². The monoisotopic (exact) mass is 408 g/mol. The molecule has 3 rings (SSSR count). The van der Waals surface area contributed by atoms with Crippen molar-refractivity contribution in [2.24, 2.45) is 0 Å². The molecule has 0 saturated heterocycles. The molecule has 150 valence electrons. The van der Waals surface area contributed by atoms with Crippen LogP contribution in [0.3, 0.4) is 0 Å². The minimum Gasteiger partial charge on any atom is -0.326 e. The van der Waals surface area contributed by atoms with Crippen LogP contribution in [0.1, 0.15) is 16.7 Å². The Hall–Kier alpha value is -3.12. The first kappa shape index (κ1) is 20.6. The van der Waals surface area contributed by atoms with Gasteiger partial charge in [-0.3, -0.25) is 9.10 Å². The Labute approximate surface area is 172 Å². The average molecular weight is 409 g/mol. The summed E-state index contributed by atoms with van der Waals surface area (Å²) < 4.78 is 26.7. The number of benzene rings is 3. The number of anilines is 2. The van der Waals surface area contributed by atoms with E-state index in [-0.39, 0.29) is 17.2 Å². The number of carbonyl (C=O) groups is 1. The second-order valence-electron chi connectivity index (χ2n) is 6.98. The second-order valence-corrected chi connectivity index (χ2v) is 8.95. The molecule has 0 bridgehead atoms. The zero-order chi connectivity index (χ0) is 21.0. The Bertz CT molecular complexity index is 1110. The average Bonchev–Trinajstić information content (AvgIpc) is 2.71. The smallest absolute Gasteiger partial charge is 0.264 e. The van der Waals surface area contributed by atoms with Gasteiger partial charge in [-0.1, -0.05) is 36.4 Å². The third kappa shape index (κ3) is 4.84. The van der Waals surface area contributed by atoms with E-state index in [1.165, 1.54) is 16.9 Å². The second kappa shape index (κ2) is 8.49. The Morgan fingerprint density at radius 3 is 2.17 bits per heavy atom. The van der Waals surface area contributed by atoms with Crippen molar-refractivity contribution >= 4 is 27.3 Å². The molecule has 0 atom stereocenters. The van der Waals surface area contributed by atoms with Crippen LogP contribution >= 0.6 is 0 Å². The van der Waals surface area contributed by atoms with Crippen molar-refractivity contribution in [1.82, 2.24) is 0 Å². The van der Waals surface area contributed by atoms with Gasteiger partial charge in [0.1, 0.15) is 0 Å². The van der Waals surface area contributed by atoms with Gasteiger partial charge in [0.05, 0.1) is 17.0 Å². The maximum absolute atomic E-state index is 12.7. The number of hydrogen-bond acceptors (Lipinski definition) is 3. The third-order valence-electron chi connectivity index (χ3n) is 4.86. The number of nitrogens with one attached hydrogen (secondary N) is 1. The van der Waals surface area contributed by atoms with Gasteiger partial charge in [-0.15, -0.1) is 0 Å². The quantitative estimate of drug-likeness (QED) is 0.661. The summed E-state index contributed by atoms with van der Waals surface area (Å²) in [6.45, 7) is 4.03. The van der Waals surface area contributed by atoms with Crippen molar-refractivity contribution < 1.29 is 13.2 Å². The van der Waals surface area contributed by atoms with Gasteiger partial charge in [-0.05, 0) is 66.9 Å². The van der Waals surface area contributed by atoms with Crippen LogP contribution in [-0.2, 0) is 21.2 Å². The maximum Gasteiger partial charge on any atom is 0.264 e. The molecule has 1 N–H and O–H groups in total. The van der Waals surface area contributed by atoms with E-state index in [0.29, 0.717) is 5.69 Å². The Kier molecular flexibility index (Phi) is 6.03. The molecule has 0 saturated carbocycles. The molecule has 0 spiro atoms. The van der Waals surface area contributed by atoms with Gasteiger partial charge in [0.2, 0.25) is 5.91 Å². The van der Waals surface area contributed by atoms with Gasteiger partial charge in [0, 0.05) is 12.7 Å². The van der Waals surface area contributed by atoms with Crippen molar-refractivity contribution in [3.63, 3.8) is 0 Å². The predicted octanol–water partition coefficient (Wildman–Crippen LogP) is 4.31. The van der Waals surface area contributed by atoms with Crippen LogP contribution in [0.4, 0.5) is 11.4 Å². The van der Waals surface area contributed by atoms with Gasteiger partial charge in [-0.2, -0.15) is 0 Å². The van der Waals surface area contributed by atoms with Crippen LogP contribution in [0.2, 0.25) is 0 Å². The van der Waals surface area contributed by atoms with Crippen molar-refractivity contribution in [1.29, 1.82) is 0 Å². The minimum absolute atomic E-state index is 0.119. The highest BCUT2D eigenvalue weighted by atomic mass is 32.2. The van der Waals surface area contributed by atoms with Crippen LogP contribution in [0.25, 0.3) is 0 Å². The normalized spacial score (nSPS) is 11.1.